The van der Waals surface area contributed by atoms with Gasteiger partial charge in [-0.2, -0.15) is 0 Å². The number of fused-ring (bicyclic) bond motifs is 1. The first-order valence-corrected chi connectivity index (χ1v) is 8.84. The van der Waals surface area contributed by atoms with Crippen LogP contribution in [0.4, 0.5) is 4.79 Å². The van der Waals surface area contributed by atoms with E-state index in [2.05, 4.69) is 9.88 Å². The first-order valence-electron chi connectivity index (χ1n) is 8.84. The Kier molecular flexibility index (Phi) is 5.37. The van der Waals surface area contributed by atoms with Gasteiger partial charge in [0.1, 0.15) is 5.52 Å². The monoisotopic (exact) mass is 347 g/mol. The molecule has 0 unspecified atom stereocenters. The zero-order chi connectivity index (χ0) is 17.8. The van der Waals surface area contributed by atoms with Crippen molar-refractivity contribution in [2.45, 2.75) is 20.4 Å². The van der Waals surface area contributed by atoms with E-state index in [0.717, 1.165) is 51.3 Å². The van der Waals surface area contributed by atoms with Crippen molar-refractivity contribution in [3.8, 4) is 0 Å². The summed E-state index contributed by atoms with van der Waals surface area (Å²) in [7, 11) is 0. The van der Waals surface area contributed by atoms with Gasteiger partial charge in [-0.3, -0.25) is 9.47 Å². The molecule has 0 atom stereocenters. The first-order chi connectivity index (χ1) is 12.1. The summed E-state index contributed by atoms with van der Waals surface area (Å²) in [6.07, 6.45) is 1.61. The lowest BCUT2D eigenvalue weighted by Gasteiger charge is -2.37. The Morgan fingerprint density at radius 2 is 1.92 bits per heavy atom. The summed E-state index contributed by atoms with van der Waals surface area (Å²) in [5.74, 6) is -0.371. The van der Waals surface area contributed by atoms with Crippen molar-refractivity contribution in [2.75, 3.05) is 45.8 Å². The quantitative estimate of drug-likeness (QED) is 0.809. The van der Waals surface area contributed by atoms with Gasteiger partial charge < -0.3 is 14.2 Å². The third-order valence-electron chi connectivity index (χ3n) is 4.76. The van der Waals surface area contributed by atoms with Crippen LogP contribution >= 0.6 is 0 Å². The first kappa shape index (κ1) is 17.5. The number of amides is 2. The van der Waals surface area contributed by atoms with Crippen molar-refractivity contribution in [3.63, 3.8) is 0 Å². The van der Waals surface area contributed by atoms with E-state index in [-0.39, 0.29) is 11.8 Å². The molecule has 2 aromatic heterocycles. The molecule has 2 amide bonds. The number of aromatic nitrogens is 2. The lowest BCUT2D eigenvalue weighted by Crippen LogP contribution is -2.53. The van der Waals surface area contributed by atoms with E-state index in [4.69, 9.17) is 4.42 Å². The average molecular weight is 347 g/mol. The Bertz CT molecular complexity index is 772. The van der Waals surface area contributed by atoms with E-state index in [9.17, 15) is 9.59 Å². The molecule has 136 valence electrons. The standard InChI is InChI=1S/C17H25N5O3/c1-3-20(4-2)16(23)21-11-8-19(9-12-21)10-13-22-14-6-5-7-18-15(14)25-17(22)24/h5-7H,3-4,8-13H2,1-2H3. The van der Waals surface area contributed by atoms with Crippen molar-refractivity contribution in [1.29, 1.82) is 0 Å². The highest BCUT2D eigenvalue weighted by Gasteiger charge is 2.24. The van der Waals surface area contributed by atoms with E-state index in [1.54, 1.807) is 16.8 Å². The number of nitrogens with zero attached hydrogens (tertiary/aromatic N) is 5. The van der Waals surface area contributed by atoms with E-state index < -0.39 is 0 Å². The summed E-state index contributed by atoms with van der Waals surface area (Å²) in [6, 6.07) is 3.76. The molecule has 0 spiro atoms. The molecule has 8 nitrogen and oxygen atoms in total. The maximum Gasteiger partial charge on any atom is 0.421 e. The Hall–Kier alpha value is -2.35. The van der Waals surface area contributed by atoms with Gasteiger partial charge in [0.2, 0.25) is 5.71 Å². The topological polar surface area (TPSA) is 74.8 Å². The fourth-order valence-corrected chi connectivity index (χ4v) is 3.21. The number of pyridine rings is 1. The second-order valence-electron chi connectivity index (χ2n) is 6.13. The number of hydrogen-bond donors (Lipinski definition) is 0. The van der Waals surface area contributed by atoms with Gasteiger partial charge in [0.15, 0.2) is 0 Å². The molecule has 2 aromatic rings. The van der Waals surface area contributed by atoms with Crippen LogP contribution in [0.25, 0.3) is 11.2 Å². The number of rotatable bonds is 5. The number of carbonyl (C=O) groups is 1. The predicted octanol–water partition coefficient (Wildman–Crippen LogP) is 1.07. The highest BCUT2D eigenvalue weighted by molar-refractivity contribution is 5.74. The molecule has 0 radical (unpaired) electrons. The minimum Gasteiger partial charge on any atom is -0.389 e. The molecule has 3 heterocycles. The van der Waals surface area contributed by atoms with Crippen LogP contribution < -0.4 is 5.76 Å². The number of piperazine rings is 1. The number of carbonyl (C=O) groups excluding carboxylic acids is 1. The van der Waals surface area contributed by atoms with Crippen LogP contribution in [0.15, 0.2) is 27.5 Å². The van der Waals surface area contributed by atoms with Gasteiger partial charge in [0.05, 0.1) is 0 Å². The molecular formula is C17H25N5O3. The van der Waals surface area contributed by atoms with Crippen LogP contribution in [0, 0.1) is 0 Å². The van der Waals surface area contributed by atoms with Gasteiger partial charge in [-0.05, 0) is 26.0 Å². The summed E-state index contributed by atoms with van der Waals surface area (Å²) >= 11 is 0. The van der Waals surface area contributed by atoms with Crippen molar-refractivity contribution in [3.05, 3.63) is 28.9 Å². The maximum atomic E-state index is 12.4. The summed E-state index contributed by atoms with van der Waals surface area (Å²) in [5.41, 5.74) is 1.10. The molecule has 3 rings (SSSR count). The minimum atomic E-state index is -0.371. The third-order valence-corrected chi connectivity index (χ3v) is 4.76. The molecule has 8 heteroatoms. The molecule has 1 saturated heterocycles. The average Bonchev–Trinajstić information content (AvgIpc) is 2.96. The molecule has 0 N–H and O–H groups in total. The van der Waals surface area contributed by atoms with Crippen molar-refractivity contribution >= 4 is 17.3 Å². The molecule has 0 bridgehead atoms. The van der Waals surface area contributed by atoms with Crippen LogP contribution in [-0.4, -0.2) is 76.1 Å². The number of hydrogen-bond acceptors (Lipinski definition) is 5. The molecule has 0 aromatic carbocycles. The lowest BCUT2D eigenvalue weighted by atomic mass is 10.3. The van der Waals surface area contributed by atoms with Gasteiger partial charge in [-0.25, -0.2) is 14.6 Å². The van der Waals surface area contributed by atoms with Crippen molar-refractivity contribution in [1.82, 2.24) is 24.3 Å². The molecule has 25 heavy (non-hydrogen) atoms. The van der Waals surface area contributed by atoms with Gasteiger partial charge >= 0.3 is 11.8 Å². The van der Waals surface area contributed by atoms with E-state index in [1.165, 1.54) is 0 Å². The molecule has 1 fully saturated rings. The van der Waals surface area contributed by atoms with Gasteiger partial charge in [-0.15, -0.1) is 0 Å². The van der Waals surface area contributed by atoms with Crippen molar-refractivity contribution < 1.29 is 9.21 Å². The molecule has 1 aliphatic rings. The lowest BCUT2D eigenvalue weighted by molar-refractivity contribution is 0.113. The van der Waals surface area contributed by atoms with Crippen LogP contribution in [-0.2, 0) is 6.54 Å². The van der Waals surface area contributed by atoms with Gasteiger partial charge in [0, 0.05) is 58.6 Å². The van der Waals surface area contributed by atoms with E-state index in [0.29, 0.717) is 12.3 Å². The third kappa shape index (κ3) is 3.68. The molecule has 0 aliphatic carbocycles. The molecule has 0 saturated carbocycles. The normalized spacial score (nSPS) is 15.7. The maximum absolute atomic E-state index is 12.4. The summed E-state index contributed by atoms with van der Waals surface area (Å²) in [5, 5.41) is 0. The summed E-state index contributed by atoms with van der Waals surface area (Å²) in [6.45, 7) is 9.85. The van der Waals surface area contributed by atoms with E-state index >= 15 is 0 Å². The van der Waals surface area contributed by atoms with Crippen LogP contribution in [0.1, 0.15) is 13.8 Å². The number of oxazole rings is 1. The largest absolute Gasteiger partial charge is 0.421 e. The van der Waals surface area contributed by atoms with Crippen LogP contribution in [0.2, 0.25) is 0 Å². The fraction of sp³-hybridized carbons (Fsp3) is 0.588. The molecular weight excluding hydrogens is 322 g/mol. The Labute approximate surface area is 146 Å². The van der Waals surface area contributed by atoms with Crippen LogP contribution in [0.5, 0.6) is 0 Å². The van der Waals surface area contributed by atoms with Crippen molar-refractivity contribution in [2.24, 2.45) is 0 Å². The minimum absolute atomic E-state index is 0.118. The fourth-order valence-electron chi connectivity index (χ4n) is 3.21. The highest BCUT2D eigenvalue weighted by atomic mass is 16.4. The summed E-state index contributed by atoms with van der Waals surface area (Å²) < 4.78 is 6.78. The smallest absolute Gasteiger partial charge is 0.389 e. The number of urea groups is 1. The SMILES string of the molecule is CCN(CC)C(=O)N1CCN(CCn2c(=O)oc3ncccc32)CC1. The zero-order valence-corrected chi connectivity index (χ0v) is 14.8. The second-order valence-corrected chi connectivity index (χ2v) is 6.13. The second kappa shape index (κ2) is 7.69. The van der Waals surface area contributed by atoms with Crippen LogP contribution in [0.3, 0.4) is 0 Å². The van der Waals surface area contributed by atoms with Gasteiger partial charge in [0.25, 0.3) is 0 Å². The summed E-state index contributed by atoms with van der Waals surface area (Å²) in [4.78, 5) is 34.4. The Morgan fingerprint density at radius 1 is 1.20 bits per heavy atom. The van der Waals surface area contributed by atoms with Gasteiger partial charge in [-0.1, -0.05) is 0 Å². The molecule has 1 aliphatic heterocycles. The highest BCUT2D eigenvalue weighted by Crippen LogP contribution is 2.10. The zero-order valence-electron chi connectivity index (χ0n) is 14.8. The van der Waals surface area contributed by atoms with E-state index in [1.807, 2.05) is 29.7 Å². The predicted molar refractivity (Wildman–Crippen MR) is 94.6 cm³/mol. The Morgan fingerprint density at radius 3 is 2.60 bits per heavy atom. The Balaban J connectivity index is 1.55.